The van der Waals surface area contributed by atoms with Crippen molar-refractivity contribution in [2.45, 2.75) is 103 Å². The zero-order chi connectivity index (χ0) is 14.2. The fraction of sp³-hybridized carbons (Fsp3) is 0.889. The Hall–Kier alpha value is -0.300. The van der Waals surface area contributed by atoms with Crippen molar-refractivity contribution >= 4 is 0 Å². The lowest BCUT2D eigenvalue weighted by molar-refractivity contribution is 0.149. The number of aliphatic hydroxyl groups is 1. The van der Waals surface area contributed by atoms with Crippen molar-refractivity contribution in [2.24, 2.45) is 0 Å². The molecule has 0 rings (SSSR count). The molecular weight excluding hydrogens is 232 g/mol. The molecular formula is C18H36O. The molecule has 0 aromatic carbocycles. The van der Waals surface area contributed by atoms with Crippen molar-refractivity contribution in [1.29, 1.82) is 0 Å². The Bertz CT molecular complexity index is 186. The van der Waals surface area contributed by atoms with Crippen LogP contribution in [0.1, 0.15) is 97.3 Å². The van der Waals surface area contributed by atoms with Crippen molar-refractivity contribution in [1.82, 2.24) is 0 Å². The van der Waals surface area contributed by atoms with E-state index in [0.717, 1.165) is 32.1 Å². The molecule has 0 fully saturated rings. The Morgan fingerprint density at radius 2 is 1.21 bits per heavy atom. The third kappa shape index (κ3) is 15.6. The van der Waals surface area contributed by atoms with Crippen LogP contribution in [-0.2, 0) is 0 Å². The standard InChI is InChI=1S/C18H36O/c1-3-5-7-8-9-10-11-12-13-14-15-17-18(19)16-6-4-2/h12-13,18-19H,3-11,14-17H2,1-2H3. The second kappa shape index (κ2) is 15.8. The quantitative estimate of drug-likeness (QED) is 0.302. The predicted octanol–water partition coefficient (Wildman–Crippen LogP) is 6.01. The maximum Gasteiger partial charge on any atom is 0.0540 e. The van der Waals surface area contributed by atoms with Gasteiger partial charge in [-0.05, 0) is 38.5 Å². The molecule has 1 unspecified atom stereocenters. The van der Waals surface area contributed by atoms with Crippen LogP contribution < -0.4 is 0 Å². The van der Waals surface area contributed by atoms with Gasteiger partial charge in [0, 0.05) is 0 Å². The first-order valence-electron chi connectivity index (χ1n) is 8.64. The minimum atomic E-state index is -0.0630. The van der Waals surface area contributed by atoms with E-state index in [9.17, 15) is 5.11 Å². The number of rotatable bonds is 14. The van der Waals surface area contributed by atoms with Crippen LogP contribution >= 0.6 is 0 Å². The number of hydrogen-bond donors (Lipinski definition) is 1. The van der Waals surface area contributed by atoms with Gasteiger partial charge in [0.25, 0.3) is 0 Å². The molecule has 114 valence electrons. The normalized spacial score (nSPS) is 13.2. The highest BCUT2D eigenvalue weighted by Crippen LogP contribution is 2.10. The molecule has 0 aromatic rings. The predicted molar refractivity (Wildman–Crippen MR) is 86.5 cm³/mol. The van der Waals surface area contributed by atoms with Gasteiger partial charge in [0.2, 0.25) is 0 Å². The summed E-state index contributed by atoms with van der Waals surface area (Å²) in [6, 6.07) is 0. The van der Waals surface area contributed by atoms with Crippen molar-refractivity contribution in [3.05, 3.63) is 12.2 Å². The minimum Gasteiger partial charge on any atom is -0.393 e. The molecule has 0 spiro atoms. The van der Waals surface area contributed by atoms with E-state index < -0.39 is 0 Å². The van der Waals surface area contributed by atoms with E-state index in [-0.39, 0.29) is 6.10 Å². The fourth-order valence-electron chi connectivity index (χ4n) is 2.33. The maximum atomic E-state index is 9.70. The summed E-state index contributed by atoms with van der Waals surface area (Å²) in [5, 5.41) is 9.70. The average Bonchev–Trinajstić information content (AvgIpc) is 2.42. The van der Waals surface area contributed by atoms with Crippen molar-refractivity contribution in [2.75, 3.05) is 0 Å². The summed E-state index contributed by atoms with van der Waals surface area (Å²) >= 11 is 0. The lowest BCUT2D eigenvalue weighted by Gasteiger charge is -2.07. The van der Waals surface area contributed by atoms with Crippen LogP contribution in [0.4, 0.5) is 0 Å². The Morgan fingerprint density at radius 1 is 0.684 bits per heavy atom. The maximum absolute atomic E-state index is 9.70. The molecule has 1 N–H and O–H groups in total. The molecule has 0 aromatic heterocycles. The van der Waals surface area contributed by atoms with E-state index in [1.165, 1.54) is 51.4 Å². The van der Waals surface area contributed by atoms with Crippen LogP contribution in [0, 0.1) is 0 Å². The minimum absolute atomic E-state index is 0.0630. The van der Waals surface area contributed by atoms with Crippen molar-refractivity contribution in [3.8, 4) is 0 Å². The second-order valence-corrected chi connectivity index (χ2v) is 5.75. The van der Waals surface area contributed by atoms with Crippen LogP contribution in [0.2, 0.25) is 0 Å². The summed E-state index contributed by atoms with van der Waals surface area (Å²) in [6.07, 6.45) is 20.7. The monoisotopic (exact) mass is 268 g/mol. The lowest BCUT2D eigenvalue weighted by atomic mass is 10.1. The van der Waals surface area contributed by atoms with Gasteiger partial charge in [-0.15, -0.1) is 0 Å². The van der Waals surface area contributed by atoms with Crippen LogP contribution in [0.15, 0.2) is 12.2 Å². The highest BCUT2D eigenvalue weighted by molar-refractivity contribution is 4.81. The van der Waals surface area contributed by atoms with Crippen molar-refractivity contribution < 1.29 is 5.11 Å². The highest BCUT2D eigenvalue weighted by atomic mass is 16.3. The Labute approximate surface area is 121 Å². The number of unbranched alkanes of at least 4 members (excludes halogenated alkanes) is 8. The van der Waals surface area contributed by atoms with Crippen LogP contribution in [0.3, 0.4) is 0 Å². The van der Waals surface area contributed by atoms with E-state index in [1.54, 1.807) is 0 Å². The summed E-state index contributed by atoms with van der Waals surface area (Å²) in [5.74, 6) is 0. The van der Waals surface area contributed by atoms with Gasteiger partial charge < -0.3 is 5.11 Å². The summed E-state index contributed by atoms with van der Waals surface area (Å²) in [5.41, 5.74) is 0. The van der Waals surface area contributed by atoms with E-state index >= 15 is 0 Å². The summed E-state index contributed by atoms with van der Waals surface area (Å²) < 4.78 is 0. The van der Waals surface area contributed by atoms with E-state index in [1.807, 2.05) is 0 Å². The summed E-state index contributed by atoms with van der Waals surface area (Å²) in [4.78, 5) is 0. The average molecular weight is 268 g/mol. The molecule has 0 heterocycles. The number of hydrogen-bond acceptors (Lipinski definition) is 1. The van der Waals surface area contributed by atoms with Gasteiger partial charge in [-0.1, -0.05) is 70.9 Å². The SMILES string of the molecule is CCCCCCCCC=CCCCC(O)CCCC. The number of allylic oxidation sites excluding steroid dienone is 2. The molecule has 0 bridgehead atoms. The van der Waals surface area contributed by atoms with Crippen LogP contribution in [0.5, 0.6) is 0 Å². The van der Waals surface area contributed by atoms with Crippen LogP contribution in [-0.4, -0.2) is 11.2 Å². The molecule has 1 atom stereocenters. The largest absolute Gasteiger partial charge is 0.393 e. The molecule has 0 aliphatic heterocycles. The molecule has 0 radical (unpaired) electrons. The third-order valence-electron chi connectivity index (χ3n) is 3.69. The molecule has 19 heavy (non-hydrogen) atoms. The molecule has 1 heteroatoms. The third-order valence-corrected chi connectivity index (χ3v) is 3.69. The van der Waals surface area contributed by atoms with Crippen molar-refractivity contribution in [3.63, 3.8) is 0 Å². The molecule has 0 amide bonds. The fourth-order valence-corrected chi connectivity index (χ4v) is 2.33. The van der Waals surface area contributed by atoms with Gasteiger partial charge >= 0.3 is 0 Å². The molecule has 1 nitrogen and oxygen atoms in total. The van der Waals surface area contributed by atoms with Gasteiger partial charge in [0.15, 0.2) is 0 Å². The number of aliphatic hydroxyl groups excluding tert-OH is 1. The van der Waals surface area contributed by atoms with E-state index in [2.05, 4.69) is 26.0 Å². The highest BCUT2D eigenvalue weighted by Gasteiger charge is 2.01. The van der Waals surface area contributed by atoms with Gasteiger partial charge in [0.05, 0.1) is 6.10 Å². The zero-order valence-electron chi connectivity index (χ0n) is 13.4. The summed E-state index contributed by atoms with van der Waals surface area (Å²) in [7, 11) is 0. The molecule has 0 saturated heterocycles. The molecule has 0 saturated carbocycles. The van der Waals surface area contributed by atoms with Crippen LogP contribution in [0.25, 0.3) is 0 Å². The first kappa shape index (κ1) is 18.7. The van der Waals surface area contributed by atoms with E-state index in [4.69, 9.17) is 0 Å². The van der Waals surface area contributed by atoms with Gasteiger partial charge in [-0.3, -0.25) is 0 Å². The summed E-state index contributed by atoms with van der Waals surface area (Å²) in [6.45, 7) is 4.44. The smallest absolute Gasteiger partial charge is 0.0540 e. The van der Waals surface area contributed by atoms with Gasteiger partial charge in [0.1, 0.15) is 0 Å². The van der Waals surface area contributed by atoms with E-state index in [0.29, 0.717) is 0 Å². The molecule has 0 aliphatic carbocycles. The van der Waals surface area contributed by atoms with Gasteiger partial charge in [-0.2, -0.15) is 0 Å². The van der Waals surface area contributed by atoms with Gasteiger partial charge in [-0.25, -0.2) is 0 Å². The lowest BCUT2D eigenvalue weighted by Crippen LogP contribution is -2.05. The Kier molecular flexibility index (Phi) is 15.5. The first-order chi connectivity index (χ1) is 9.31. The first-order valence-corrected chi connectivity index (χ1v) is 8.64. The second-order valence-electron chi connectivity index (χ2n) is 5.75. The zero-order valence-corrected chi connectivity index (χ0v) is 13.4. The topological polar surface area (TPSA) is 20.2 Å². The Balaban J connectivity index is 3.16. The Morgan fingerprint density at radius 3 is 1.89 bits per heavy atom. The molecule has 0 aliphatic rings.